The summed E-state index contributed by atoms with van der Waals surface area (Å²) in [5.41, 5.74) is 0. The molecule has 0 aromatic rings. The van der Waals surface area contributed by atoms with E-state index in [1.54, 1.807) is 0 Å². The molecule has 0 radical (unpaired) electrons. The molecule has 0 fully saturated rings. The molecule has 0 saturated carbocycles. The summed E-state index contributed by atoms with van der Waals surface area (Å²) < 4.78 is 17.5. The van der Waals surface area contributed by atoms with Crippen LogP contribution in [0.3, 0.4) is 0 Å². The van der Waals surface area contributed by atoms with Crippen LogP contribution in [-0.2, 0) is 23.8 Å². The molecule has 0 aromatic carbocycles. The van der Waals surface area contributed by atoms with Gasteiger partial charge in [-0.05, 0) is 83.5 Å². The highest BCUT2D eigenvalue weighted by Gasteiger charge is 2.17. The summed E-state index contributed by atoms with van der Waals surface area (Å²) in [5.74, 6) is -0.406. The van der Waals surface area contributed by atoms with Gasteiger partial charge >= 0.3 is 11.9 Å². The SMILES string of the molecule is CCCCC/C=C\C/C=C\CCCCCCCCCC(=O)OCC(COCCCCCCCCCCCCCCCCCCCCCC)OC(=O)CCCCCCC/C=C\C/C=C\CCCCC. The molecular formula is C63H116O5. The molecule has 0 aliphatic carbocycles. The topological polar surface area (TPSA) is 61.8 Å². The van der Waals surface area contributed by atoms with Crippen molar-refractivity contribution in [3.05, 3.63) is 48.6 Å². The van der Waals surface area contributed by atoms with Gasteiger partial charge in [0.15, 0.2) is 6.10 Å². The highest BCUT2D eigenvalue weighted by molar-refractivity contribution is 5.70. The lowest BCUT2D eigenvalue weighted by molar-refractivity contribution is -0.163. The van der Waals surface area contributed by atoms with E-state index in [0.717, 1.165) is 64.2 Å². The van der Waals surface area contributed by atoms with Gasteiger partial charge in [0.1, 0.15) is 6.61 Å². The number of hydrogen-bond donors (Lipinski definition) is 0. The Labute approximate surface area is 424 Å². The number of esters is 2. The Balaban J connectivity index is 4.25. The van der Waals surface area contributed by atoms with Gasteiger partial charge in [0.2, 0.25) is 0 Å². The predicted molar refractivity (Wildman–Crippen MR) is 298 cm³/mol. The van der Waals surface area contributed by atoms with Crippen molar-refractivity contribution in [2.75, 3.05) is 19.8 Å². The van der Waals surface area contributed by atoms with Gasteiger partial charge in [0.05, 0.1) is 6.61 Å². The third-order valence-corrected chi connectivity index (χ3v) is 13.3. The monoisotopic (exact) mass is 953 g/mol. The van der Waals surface area contributed by atoms with Crippen LogP contribution in [0.4, 0.5) is 0 Å². The minimum absolute atomic E-state index is 0.0791. The minimum atomic E-state index is -0.545. The molecule has 5 nitrogen and oxygen atoms in total. The Kier molecular flexibility index (Phi) is 57.3. The van der Waals surface area contributed by atoms with Crippen LogP contribution in [0, 0.1) is 0 Å². The quantitative estimate of drug-likeness (QED) is 0.0345. The van der Waals surface area contributed by atoms with Crippen LogP contribution in [0.2, 0.25) is 0 Å². The molecule has 0 spiro atoms. The van der Waals surface area contributed by atoms with E-state index in [1.165, 1.54) is 218 Å². The molecule has 1 unspecified atom stereocenters. The lowest BCUT2D eigenvalue weighted by atomic mass is 10.0. The second kappa shape index (κ2) is 59.2. The van der Waals surface area contributed by atoms with Crippen LogP contribution in [0.15, 0.2) is 48.6 Å². The molecule has 0 saturated heterocycles. The van der Waals surface area contributed by atoms with Gasteiger partial charge in [-0.15, -0.1) is 0 Å². The average molecular weight is 954 g/mol. The van der Waals surface area contributed by atoms with Crippen LogP contribution in [-0.4, -0.2) is 37.9 Å². The molecule has 5 heteroatoms. The van der Waals surface area contributed by atoms with Crippen molar-refractivity contribution >= 4 is 11.9 Å². The summed E-state index contributed by atoms with van der Waals surface area (Å²) in [7, 11) is 0. The van der Waals surface area contributed by atoms with Crippen LogP contribution >= 0.6 is 0 Å². The zero-order valence-corrected chi connectivity index (χ0v) is 45.9. The summed E-state index contributed by atoms with van der Waals surface area (Å²) >= 11 is 0. The highest BCUT2D eigenvalue weighted by Crippen LogP contribution is 2.16. The highest BCUT2D eigenvalue weighted by atomic mass is 16.6. The van der Waals surface area contributed by atoms with Crippen LogP contribution in [0.1, 0.15) is 316 Å². The summed E-state index contributed by atoms with van der Waals surface area (Å²) in [6, 6.07) is 0. The zero-order valence-electron chi connectivity index (χ0n) is 45.9. The fraction of sp³-hybridized carbons (Fsp3) is 0.841. The maximum absolute atomic E-state index is 12.9. The first-order valence-corrected chi connectivity index (χ1v) is 30.2. The Hall–Kier alpha value is -2.14. The predicted octanol–water partition coefficient (Wildman–Crippen LogP) is 20.7. The molecule has 0 heterocycles. The molecule has 0 bridgehead atoms. The maximum atomic E-state index is 12.9. The molecule has 0 aliphatic heterocycles. The third-order valence-electron chi connectivity index (χ3n) is 13.3. The molecule has 1 atom stereocenters. The second-order valence-electron chi connectivity index (χ2n) is 20.3. The van der Waals surface area contributed by atoms with E-state index in [0.29, 0.717) is 19.4 Å². The molecule has 0 aliphatic rings. The Morgan fingerprint density at radius 3 is 1.00 bits per heavy atom. The Bertz CT molecular complexity index is 1120. The molecule has 68 heavy (non-hydrogen) atoms. The Morgan fingerprint density at radius 2 is 0.618 bits per heavy atom. The van der Waals surface area contributed by atoms with Gasteiger partial charge < -0.3 is 14.2 Å². The lowest BCUT2D eigenvalue weighted by Crippen LogP contribution is -2.30. The fourth-order valence-electron chi connectivity index (χ4n) is 8.81. The van der Waals surface area contributed by atoms with Gasteiger partial charge in [-0.3, -0.25) is 9.59 Å². The summed E-state index contributed by atoms with van der Waals surface area (Å²) in [6.45, 7) is 7.81. The number of unbranched alkanes of at least 4 members (excludes halogenated alkanes) is 37. The van der Waals surface area contributed by atoms with Crippen LogP contribution < -0.4 is 0 Å². The largest absolute Gasteiger partial charge is 0.462 e. The van der Waals surface area contributed by atoms with E-state index in [1.807, 2.05) is 0 Å². The fourth-order valence-corrected chi connectivity index (χ4v) is 8.81. The molecule has 398 valence electrons. The van der Waals surface area contributed by atoms with Crippen molar-refractivity contribution in [1.82, 2.24) is 0 Å². The first kappa shape index (κ1) is 65.9. The van der Waals surface area contributed by atoms with Gasteiger partial charge in [-0.1, -0.05) is 268 Å². The number of allylic oxidation sites excluding steroid dienone is 8. The van der Waals surface area contributed by atoms with E-state index in [9.17, 15) is 9.59 Å². The van der Waals surface area contributed by atoms with Crippen molar-refractivity contribution in [2.45, 2.75) is 322 Å². The number of carbonyl (C=O) groups is 2. The van der Waals surface area contributed by atoms with E-state index in [4.69, 9.17) is 14.2 Å². The molecular weight excluding hydrogens is 837 g/mol. The molecule has 0 N–H and O–H groups in total. The van der Waals surface area contributed by atoms with Gasteiger partial charge in [0, 0.05) is 19.4 Å². The Morgan fingerprint density at radius 1 is 0.324 bits per heavy atom. The first-order valence-electron chi connectivity index (χ1n) is 30.2. The van der Waals surface area contributed by atoms with E-state index >= 15 is 0 Å². The van der Waals surface area contributed by atoms with Crippen molar-refractivity contribution in [3.8, 4) is 0 Å². The lowest BCUT2D eigenvalue weighted by Gasteiger charge is -2.18. The van der Waals surface area contributed by atoms with E-state index in [2.05, 4.69) is 69.4 Å². The molecule has 0 amide bonds. The van der Waals surface area contributed by atoms with Gasteiger partial charge in [-0.2, -0.15) is 0 Å². The third kappa shape index (κ3) is 56.4. The number of carbonyl (C=O) groups excluding carboxylic acids is 2. The summed E-state index contributed by atoms with van der Waals surface area (Å²) in [5, 5.41) is 0. The van der Waals surface area contributed by atoms with Gasteiger partial charge in [-0.25, -0.2) is 0 Å². The number of ether oxygens (including phenoxy) is 3. The van der Waals surface area contributed by atoms with Crippen molar-refractivity contribution in [1.29, 1.82) is 0 Å². The van der Waals surface area contributed by atoms with Crippen molar-refractivity contribution in [2.24, 2.45) is 0 Å². The summed E-state index contributed by atoms with van der Waals surface area (Å²) in [6.07, 6.45) is 74.2. The van der Waals surface area contributed by atoms with E-state index in [-0.39, 0.29) is 25.2 Å². The molecule has 0 rings (SSSR count). The second-order valence-corrected chi connectivity index (χ2v) is 20.3. The average Bonchev–Trinajstić information content (AvgIpc) is 3.34. The number of rotatable bonds is 56. The smallest absolute Gasteiger partial charge is 0.306 e. The summed E-state index contributed by atoms with van der Waals surface area (Å²) in [4.78, 5) is 25.5. The van der Waals surface area contributed by atoms with Crippen molar-refractivity contribution in [3.63, 3.8) is 0 Å². The van der Waals surface area contributed by atoms with Crippen LogP contribution in [0.5, 0.6) is 0 Å². The standard InChI is InChI=1S/C63H116O5/c1-4-7-10-13-16-19-22-25-28-30-31-32-34-37-40-43-46-49-52-55-58-66-59-61(68-63(65)57-54-51-48-45-42-39-35-27-24-21-18-15-12-9-6-3)60-67-62(64)56-53-50-47-44-41-38-36-33-29-26-23-20-17-14-11-8-5-2/h17-18,20-21,26-27,29,35,61H,4-16,19,22-25,28,30-34,36-60H2,1-3H3/b20-17-,21-18-,29-26-,35-27-. The van der Waals surface area contributed by atoms with Crippen LogP contribution in [0.25, 0.3) is 0 Å². The minimum Gasteiger partial charge on any atom is -0.462 e. The first-order chi connectivity index (χ1) is 33.6. The zero-order chi connectivity index (χ0) is 49.2. The molecule has 0 aromatic heterocycles. The maximum Gasteiger partial charge on any atom is 0.306 e. The van der Waals surface area contributed by atoms with Gasteiger partial charge in [0.25, 0.3) is 0 Å². The van der Waals surface area contributed by atoms with E-state index < -0.39 is 6.10 Å². The normalized spacial score (nSPS) is 12.5. The van der Waals surface area contributed by atoms with Crippen molar-refractivity contribution < 1.29 is 23.8 Å². The number of hydrogen-bond acceptors (Lipinski definition) is 5.